The lowest BCUT2D eigenvalue weighted by atomic mass is 9.80. The summed E-state index contributed by atoms with van der Waals surface area (Å²) in [7, 11) is 1.50. The second-order valence-electron chi connectivity index (χ2n) is 9.64. The second-order valence-corrected chi connectivity index (χ2v) is 10.0. The smallest absolute Gasteiger partial charge is 0.336 e. The van der Waals surface area contributed by atoms with Crippen molar-refractivity contribution < 1.29 is 53.8 Å². The minimum atomic E-state index is -2.74. The van der Waals surface area contributed by atoms with E-state index in [-0.39, 0.29) is 17.5 Å². The van der Waals surface area contributed by atoms with Crippen molar-refractivity contribution in [3.63, 3.8) is 0 Å². The summed E-state index contributed by atoms with van der Waals surface area (Å²) >= 11 is 6.28. The number of carboxylic acid groups (broad SMARTS) is 3. The van der Waals surface area contributed by atoms with Gasteiger partial charge in [-0.2, -0.15) is 0 Å². The fourth-order valence-corrected chi connectivity index (χ4v) is 4.73. The van der Waals surface area contributed by atoms with E-state index >= 15 is 0 Å². The minimum absolute atomic E-state index is 0.0101. The molecule has 12 nitrogen and oxygen atoms in total. The molecule has 0 spiro atoms. The van der Waals surface area contributed by atoms with Crippen molar-refractivity contribution in [2.45, 2.75) is 50.3 Å². The molecular weight excluding hydrogens is 567 g/mol. The van der Waals surface area contributed by atoms with Gasteiger partial charge in [-0.1, -0.05) is 23.7 Å². The number of ether oxygens (including phenoxy) is 1. The molecule has 14 heteroatoms. The van der Waals surface area contributed by atoms with Gasteiger partial charge in [0.1, 0.15) is 5.82 Å². The van der Waals surface area contributed by atoms with Gasteiger partial charge in [0.25, 0.3) is 0 Å². The number of rotatable bonds is 10. The molecule has 0 unspecified atom stereocenters. The van der Waals surface area contributed by atoms with Crippen LogP contribution in [-0.2, 0) is 31.3 Å². The Bertz CT molecular complexity index is 1250. The van der Waals surface area contributed by atoms with Gasteiger partial charge in [0.15, 0.2) is 17.1 Å². The highest BCUT2D eigenvalue weighted by molar-refractivity contribution is 6.31. The summed E-state index contributed by atoms with van der Waals surface area (Å²) < 4.78 is 18.5. The number of hydrogen-bond acceptors (Lipinski definition) is 8. The number of phenols is 1. The highest BCUT2D eigenvalue weighted by Gasteiger charge is 2.41. The molecule has 1 aliphatic heterocycles. The average molecular weight is 599 g/mol. The molecule has 2 aromatic rings. The largest absolute Gasteiger partial charge is 0.504 e. The Labute approximate surface area is 239 Å². The highest BCUT2D eigenvalue weighted by Crippen LogP contribution is 2.36. The second kappa shape index (κ2) is 14.1. The Morgan fingerprint density at radius 3 is 2.02 bits per heavy atom. The molecule has 0 atom stereocenters. The number of nitrogens with zero attached hydrogens (tertiary/aromatic N) is 1. The molecule has 0 radical (unpaired) electrons. The van der Waals surface area contributed by atoms with E-state index in [9.17, 15) is 28.7 Å². The number of methoxy groups -OCH3 is 1. The van der Waals surface area contributed by atoms with Gasteiger partial charge in [-0.25, -0.2) is 9.18 Å². The van der Waals surface area contributed by atoms with E-state index in [2.05, 4.69) is 10.2 Å². The zero-order valence-electron chi connectivity index (χ0n) is 22.4. The van der Waals surface area contributed by atoms with Crippen LogP contribution in [0.3, 0.4) is 0 Å². The van der Waals surface area contributed by atoms with E-state index in [1.807, 2.05) is 0 Å². The van der Waals surface area contributed by atoms with Gasteiger partial charge in [0.05, 0.1) is 25.5 Å². The first kappa shape index (κ1) is 33.3. The third-order valence-electron chi connectivity index (χ3n) is 6.55. The number of carbonyl (C=O) groups is 4. The van der Waals surface area contributed by atoms with Crippen LogP contribution in [0.5, 0.6) is 11.5 Å². The molecule has 3 rings (SSSR count). The third-order valence-corrected chi connectivity index (χ3v) is 6.90. The maximum atomic E-state index is 13.3. The number of aliphatic carboxylic acids is 3. The zero-order valence-corrected chi connectivity index (χ0v) is 23.2. The summed E-state index contributed by atoms with van der Waals surface area (Å²) in [4.78, 5) is 44.5. The van der Waals surface area contributed by atoms with Crippen LogP contribution in [0.25, 0.3) is 0 Å². The summed E-state index contributed by atoms with van der Waals surface area (Å²) in [6.45, 7) is 3.57. The molecule has 2 aromatic carbocycles. The van der Waals surface area contributed by atoms with Gasteiger partial charge in [-0.15, -0.1) is 0 Å². The first-order chi connectivity index (χ1) is 19.1. The standard InChI is InChI=1S/C21H24ClFN2O3.C6H8O7/c1-14(26)24-21(16-3-5-17(23)6-4-16)7-9-25(10-8-21)13-15-11-20(28-2)19(27)12-18(15)22;7-3(8)1-6(13,5(11)12)2-4(9)10/h3-6,11-12,27H,7-10,13H2,1-2H3,(H,24,26);13H,1-2H2,(H,7,8)(H,9,10)(H,11,12). The molecule has 0 bridgehead atoms. The van der Waals surface area contributed by atoms with Crippen molar-refractivity contribution in [3.05, 3.63) is 58.4 Å². The Balaban J connectivity index is 0.000000383. The molecule has 1 fully saturated rings. The van der Waals surface area contributed by atoms with Crippen molar-refractivity contribution in [2.24, 2.45) is 0 Å². The number of halogens is 2. The maximum Gasteiger partial charge on any atom is 0.336 e. The fraction of sp³-hybridized carbons (Fsp3) is 0.407. The molecule has 1 aliphatic rings. The third kappa shape index (κ3) is 9.30. The number of aromatic hydroxyl groups is 1. The van der Waals surface area contributed by atoms with Crippen LogP contribution >= 0.6 is 11.6 Å². The van der Waals surface area contributed by atoms with Crippen molar-refractivity contribution in [1.82, 2.24) is 10.2 Å². The number of amides is 1. The molecule has 41 heavy (non-hydrogen) atoms. The van der Waals surface area contributed by atoms with Crippen LogP contribution in [-0.4, -0.2) is 80.0 Å². The lowest BCUT2D eigenvalue weighted by molar-refractivity contribution is -0.170. The SMILES string of the molecule is COc1cc(CN2CCC(NC(C)=O)(c3ccc(F)cc3)CC2)c(Cl)cc1O.O=C(O)CC(O)(CC(=O)O)C(=O)O. The van der Waals surface area contributed by atoms with Gasteiger partial charge in [-0.05, 0) is 42.2 Å². The summed E-state index contributed by atoms with van der Waals surface area (Å²) in [5, 5.41) is 47.2. The fourth-order valence-electron chi connectivity index (χ4n) is 4.51. The summed E-state index contributed by atoms with van der Waals surface area (Å²) in [5.41, 5.74) is -1.47. The average Bonchev–Trinajstić information content (AvgIpc) is 2.86. The van der Waals surface area contributed by atoms with Gasteiger partial charge >= 0.3 is 17.9 Å². The highest BCUT2D eigenvalue weighted by atomic mass is 35.5. The topological polar surface area (TPSA) is 194 Å². The number of piperidine rings is 1. The van der Waals surface area contributed by atoms with Crippen LogP contribution < -0.4 is 10.1 Å². The van der Waals surface area contributed by atoms with Crippen molar-refractivity contribution >= 4 is 35.4 Å². The number of nitrogens with one attached hydrogen (secondary N) is 1. The molecule has 0 aliphatic carbocycles. The first-order valence-electron chi connectivity index (χ1n) is 12.3. The van der Waals surface area contributed by atoms with Crippen molar-refractivity contribution in [2.75, 3.05) is 20.2 Å². The van der Waals surface area contributed by atoms with E-state index in [0.29, 0.717) is 30.2 Å². The number of phenolic OH excluding ortho intramolecular Hbond substituents is 1. The Hall–Kier alpha value is -3.94. The molecule has 1 saturated heterocycles. The number of aliphatic hydroxyl groups is 1. The minimum Gasteiger partial charge on any atom is -0.504 e. The van der Waals surface area contributed by atoms with E-state index in [0.717, 1.165) is 24.2 Å². The van der Waals surface area contributed by atoms with Crippen molar-refractivity contribution in [3.8, 4) is 11.5 Å². The Morgan fingerprint density at radius 1 is 1.05 bits per heavy atom. The summed E-state index contributed by atoms with van der Waals surface area (Å²) in [6, 6.07) is 9.56. The molecule has 6 N–H and O–H groups in total. The Morgan fingerprint density at radius 2 is 1.59 bits per heavy atom. The van der Waals surface area contributed by atoms with E-state index in [1.165, 1.54) is 32.2 Å². The predicted octanol–water partition coefficient (Wildman–Crippen LogP) is 2.57. The lowest BCUT2D eigenvalue weighted by Crippen LogP contribution is -2.52. The van der Waals surface area contributed by atoms with Gasteiger partial charge < -0.3 is 35.6 Å². The predicted molar refractivity (Wildman–Crippen MR) is 143 cm³/mol. The summed E-state index contributed by atoms with van der Waals surface area (Å²) in [5.74, 6) is -5.03. The van der Waals surface area contributed by atoms with E-state index < -0.39 is 41.9 Å². The van der Waals surface area contributed by atoms with Crippen LogP contribution in [0.1, 0.15) is 43.7 Å². The summed E-state index contributed by atoms with van der Waals surface area (Å²) in [6.07, 6.45) is -0.890. The van der Waals surface area contributed by atoms with Gasteiger partial charge in [0, 0.05) is 37.6 Å². The van der Waals surface area contributed by atoms with Crippen LogP contribution in [0, 0.1) is 5.82 Å². The molecular formula is C27H32ClFN2O10. The first-order valence-corrected chi connectivity index (χ1v) is 12.7. The monoisotopic (exact) mass is 598 g/mol. The molecule has 1 heterocycles. The number of likely N-dealkylation sites (tertiary alicyclic amines) is 1. The van der Waals surface area contributed by atoms with Gasteiger partial charge in [0.2, 0.25) is 5.91 Å². The number of benzene rings is 2. The van der Waals surface area contributed by atoms with Crippen LogP contribution in [0.15, 0.2) is 36.4 Å². The maximum absolute atomic E-state index is 13.3. The number of hydrogen-bond donors (Lipinski definition) is 6. The Kier molecular flexibility index (Phi) is 11.4. The lowest BCUT2D eigenvalue weighted by Gasteiger charge is -2.42. The number of carboxylic acids is 3. The molecule has 224 valence electrons. The molecule has 0 saturated carbocycles. The van der Waals surface area contributed by atoms with Crippen LogP contribution in [0.2, 0.25) is 5.02 Å². The quantitative estimate of drug-likeness (QED) is 0.235. The molecule has 1 amide bonds. The van der Waals surface area contributed by atoms with Crippen molar-refractivity contribution in [1.29, 1.82) is 0 Å². The molecule has 0 aromatic heterocycles. The zero-order chi connectivity index (χ0) is 31.0. The van der Waals surface area contributed by atoms with E-state index in [1.54, 1.807) is 18.2 Å². The van der Waals surface area contributed by atoms with E-state index in [4.69, 9.17) is 36.8 Å². The number of carbonyl (C=O) groups excluding carboxylic acids is 1. The van der Waals surface area contributed by atoms with Crippen LogP contribution in [0.4, 0.5) is 4.39 Å². The van der Waals surface area contributed by atoms with Gasteiger partial charge in [-0.3, -0.25) is 19.3 Å². The normalized spacial score (nSPS) is 14.8.